The number of carbonyl (C=O) groups excluding carboxylic acids is 3. The molecular weight excluding hydrogens is 661 g/mol. The van der Waals surface area contributed by atoms with Gasteiger partial charge in [-0.25, -0.2) is 4.79 Å². The van der Waals surface area contributed by atoms with Gasteiger partial charge in [0.15, 0.2) is 11.5 Å². The van der Waals surface area contributed by atoms with Crippen molar-refractivity contribution < 1.29 is 33.3 Å². The molecule has 0 saturated carbocycles. The Kier molecular flexibility index (Phi) is 13.2. The van der Waals surface area contributed by atoms with E-state index in [1.165, 1.54) is 14.2 Å². The second kappa shape index (κ2) is 17.7. The first-order valence-electron chi connectivity index (χ1n) is 17.0. The number of rotatable bonds is 16. The molecule has 1 saturated heterocycles. The van der Waals surface area contributed by atoms with E-state index in [0.29, 0.717) is 55.2 Å². The first kappa shape index (κ1) is 36.5. The van der Waals surface area contributed by atoms with Crippen LogP contribution in [-0.4, -0.2) is 79.0 Å². The average Bonchev–Trinajstić information content (AvgIpc) is 3.73. The Balaban J connectivity index is 1.38. The molecule has 3 aromatic rings. The molecule has 1 aliphatic heterocycles. The Morgan fingerprint density at radius 2 is 1.59 bits per heavy atom. The number of carbonyl (C=O) groups is 3. The topological polar surface area (TPSA) is 103 Å². The van der Waals surface area contributed by atoms with Gasteiger partial charge in [-0.05, 0) is 65.5 Å². The van der Waals surface area contributed by atoms with Crippen molar-refractivity contribution in [2.24, 2.45) is 0 Å². The fourth-order valence-corrected chi connectivity index (χ4v) is 9.46. The van der Waals surface area contributed by atoms with Gasteiger partial charge in [0.25, 0.3) is 5.91 Å². The molecule has 9 nitrogen and oxygen atoms in total. The van der Waals surface area contributed by atoms with Crippen LogP contribution >= 0.6 is 23.5 Å². The van der Waals surface area contributed by atoms with Gasteiger partial charge in [-0.15, -0.1) is 23.5 Å². The summed E-state index contributed by atoms with van der Waals surface area (Å²) >= 11 is 3.74. The molecule has 1 N–H and O–H groups in total. The zero-order valence-electron chi connectivity index (χ0n) is 28.7. The van der Waals surface area contributed by atoms with Crippen molar-refractivity contribution >= 4 is 47.2 Å². The molecule has 0 unspecified atom stereocenters. The fraction of sp³-hybridized carbons (Fsp3) is 0.447. The third kappa shape index (κ3) is 8.67. The third-order valence-electron chi connectivity index (χ3n) is 8.91. The number of likely N-dealkylation sites (tertiary alicyclic amines) is 1. The number of nitrogens with zero attached hydrogens (tertiary/aromatic N) is 1. The molecule has 262 valence electrons. The van der Waals surface area contributed by atoms with Gasteiger partial charge in [0, 0.05) is 24.9 Å². The normalized spacial score (nSPS) is 15.1. The van der Waals surface area contributed by atoms with Crippen LogP contribution in [0, 0.1) is 0 Å². The number of fused-ring (bicyclic) bond motifs is 3. The predicted octanol–water partition coefficient (Wildman–Crippen LogP) is 8.22. The number of hydrogen-bond donors (Lipinski definition) is 1. The Labute approximate surface area is 297 Å². The molecule has 2 amide bonds. The van der Waals surface area contributed by atoms with Crippen molar-refractivity contribution in [1.82, 2.24) is 4.90 Å². The molecule has 0 spiro atoms. The summed E-state index contributed by atoms with van der Waals surface area (Å²) in [7, 11) is 2.89. The number of ether oxygens (including phenoxy) is 4. The Morgan fingerprint density at radius 3 is 2.22 bits per heavy atom. The molecule has 0 bridgehead atoms. The van der Waals surface area contributed by atoms with E-state index in [9.17, 15) is 14.4 Å². The summed E-state index contributed by atoms with van der Waals surface area (Å²) in [6.45, 7) is 5.37. The fourth-order valence-electron chi connectivity index (χ4n) is 6.59. The summed E-state index contributed by atoms with van der Waals surface area (Å²) in [6, 6.07) is 19.7. The SMILES string of the molecule is CCSC(SCC)[C@@H]1CCCN1C(=O)c1cc(OC)c(OCCCCC(=O)OC)cc1NC(=O)OCC1c2ccccc2-c2ccccc21. The van der Waals surface area contributed by atoms with E-state index in [1.54, 1.807) is 12.1 Å². The standard InChI is InChI=1S/C38H46N2O7S2/c1-5-48-37(49-6-2)32-18-13-20-40(32)36(42)29-22-33(44-3)34(46-21-12-11-19-35(41)45-4)23-31(29)39-38(43)47-24-30-27-16-9-7-14-25(27)26-15-8-10-17-28(26)30/h7-10,14-17,22-23,30,32,37H,5-6,11-13,18-21,24H2,1-4H3,(H,39,43)/t32-/m0/s1. The highest BCUT2D eigenvalue weighted by atomic mass is 32.2. The van der Waals surface area contributed by atoms with E-state index in [4.69, 9.17) is 18.9 Å². The van der Waals surface area contributed by atoms with Crippen molar-refractivity contribution in [1.29, 1.82) is 0 Å². The van der Waals surface area contributed by atoms with E-state index in [-0.39, 0.29) is 35.0 Å². The number of amides is 2. The Bertz CT molecular complexity index is 1570. The zero-order valence-corrected chi connectivity index (χ0v) is 30.3. The minimum absolute atomic E-state index is 0.0708. The quantitative estimate of drug-likeness (QED) is 0.0897. The van der Waals surface area contributed by atoms with Crippen LogP contribution < -0.4 is 14.8 Å². The van der Waals surface area contributed by atoms with Crippen LogP contribution in [0.5, 0.6) is 11.5 Å². The van der Waals surface area contributed by atoms with Gasteiger partial charge >= 0.3 is 12.1 Å². The maximum atomic E-state index is 14.4. The van der Waals surface area contributed by atoms with Gasteiger partial charge in [-0.1, -0.05) is 62.4 Å². The number of thioether (sulfide) groups is 2. The van der Waals surface area contributed by atoms with E-state index >= 15 is 0 Å². The average molecular weight is 707 g/mol. The smallest absolute Gasteiger partial charge is 0.411 e. The lowest BCUT2D eigenvalue weighted by molar-refractivity contribution is -0.140. The molecule has 0 radical (unpaired) electrons. The van der Waals surface area contributed by atoms with Crippen LogP contribution in [0.1, 0.15) is 73.4 Å². The van der Waals surface area contributed by atoms with Gasteiger partial charge in [-0.2, -0.15) is 0 Å². The van der Waals surface area contributed by atoms with Gasteiger partial charge in [0.05, 0.1) is 42.7 Å². The van der Waals surface area contributed by atoms with E-state index in [1.807, 2.05) is 52.7 Å². The maximum absolute atomic E-state index is 14.4. The highest BCUT2D eigenvalue weighted by Gasteiger charge is 2.37. The van der Waals surface area contributed by atoms with Crippen molar-refractivity contribution in [3.05, 3.63) is 77.4 Å². The van der Waals surface area contributed by atoms with Crippen LogP contribution in [-0.2, 0) is 14.3 Å². The minimum atomic E-state index is -0.663. The molecule has 1 aliphatic carbocycles. The molecule has 49 heavy (non-hydrogen) atoms. The number of methoxy groups -OCH3 is 2. The lowest BCUT2D eigenvalue weighted by atomic mass is 9.98. The lowest BCUT2D eigenvalue weighted by Gasteiger charge is -2.31. The molecular formula is C38H46N2O7S2. The Hall–Kier alpha value is -3.83. The van der Waals surface area contributed by atoms with Gasteiger partial charge in [-0.3, -0.25) is 14.9 Å². The van der Waals surface area contributed by atoms with Crippen LogP contribution in [0.3, 0.4) is 0 Å². The second-order valence-corrected chi connectivity index (χ2v) is 15.0. The van der Waals surface area contributed by atoms with Crippen LogP contribution in [0.2, 0.25) is 0 Å². The highest BCUT2D eigenvalue weighted by molar-refractivity contribution is 8.17. The molecule has 0 aromatic heterocycles. The van der Waals surface area contributed by atoms with Crippen molar-refractivity contribution in [3.8, 4) is 22.6 Å². The third-order valence-corrected chi connectivity index (χ3v) is 11.7. The van der Waals surface area contributed by atoms with Crippen LogP contribution in [0.15, 0.2) is 60.7 Å². The van der Waals surface area contributed by atoms with E-state index in [0.717, 1.165) is 46.6 Å². The highest BCUT2D eigenvalue weighted by Crippen LogP contribution is 2.45. The molecule has 11 heteroatoms. The zero-order chi connectivity index (χ0) is 34.8. The van der Waals surface area contributed by atoms with Gasteiger partial charge in [0.2, 0.25) is 0 Å². The number of unbranched alkanes of at least 4 members (excludes halogenated alkanes) is 1. The summed E-state index contributed by atoms with van der Waals surface area (Å²) in [6.07, 6.45) is 2.68. The molecule has 1 heterocycles. The van der Waals surface area contributed by atoms with E-state index in [2.05, 4.69) is 43.4 Å². The number of hydrogen-bond acceptors (Lipinski definition) is 9. The first-order valence-corrected chi connectivity index (χ1v) is 19.1. The maximum Gasteiger partial charge on any atom is 0.411 e. The largest absolute Gasteiger partial charge is 0.493 e. The summed E-state index contributed by atoms with van der Waals surface area (Å²) in [5, 5.41) is 2.88. The molecule has 2 aliphatic rings. The number of nitrogens with one attached hydrogen (secondary N) is 1. The van der Waals surface area contributed by atoms with Crippen molar-refractivity contribution in [2.75, 3.05) is 50.8 Å². The predicted molar refractivity (Wildman–Crippen MR) is 197 cm³/mol. The van der Waals surface area contributed by atoms with Crippen molar-refractivity contribution in [2.45, 2.75) is 62.5 Å². The first-order chi connectivity index (χ1) is 23.9. The second-order valence-electron chi connectivity index (χ2n) is 11.9. The Morgan fingerprint density at radius 1 is 0.918 bits per heavy atom. The molecule has 3 aromatic carbocycles. The number of benzene rings is 3. The van der Waals surface area contributed by atoms with Gasteiger partial charge < -0.3 is 23.8 Å². The summed E-state index contributed by atoms with van der Waals surface area (Å²) in [5.41, 5.74) is 5.13. The van der Waals surface area contributed by atoms with E-state index < -0.39 is 6.09 Å². The van der Waals surface area contributed by atoms with Crippen LogP contribution in [0.4, 0.5) is 10.5 Å². The van der Waals surface area contributed by atoms with Crippen LogP contribution in [0.25, 0.3) is 11.1 Å². The molecule has 5 rings (SSSR count). The van der Waals surface area contributed by atoms with Gasteiger partial charge in [0.1, 0.15) is 6.61 Å². The summed E-state index contributed by atoms with van der Waals surface area (Å²) < 4.78 is 22.6. The molecule has 1 atom stereocenters. The number of anilines is 1. The summed E-state index contributed by atoms with van der Waals surface area (Å²) in [4.78, 5) is 41.3. The number of esters is 1. The molecule has 1 fully saturated rings. The lowest BCUT2D eigenvalue weighted by Crippen LogP contribution is -2.41. The van der Waals surface area contributed by atoms with Crippen molar-refractivity contribution in [3.63, 3.8) is 0 Å². The minimum Gasteiger partial charge on any atom is -0.493 e. The monoisotopic (exact) mass is 706 g/mol. The summed E-state index contributed by atoms with van der Waals surface area (Å²) in [5.74, 6) is 2.14.